The Labute approximate surface area is 123 Å². The van der Waals surface area contributed by atoms with Crippen LogP contribution < -0.4 is 11.3 Å². The SMILES string of the molecule is CC1(C)CCCCC1C(NN)c1ccccc1C(F)(F)F. The Morgan fingerprint density at radius 2 is 1.90 bits per heavy atom. The second kappa shape index (κ2) is 5.97. The molecule has 0 saturated heterocycles. The van der Waals surface area contributed by atoms with Gasteiger partial charge in [0, 0.05) is 6.04 Å². The fraction of sp³-hybridized carbons (Fsp3) is 0.625. The molecule has 1 saturated carbocycles. The third-order valence-corrected chi connectivity index (χ3v) is 4.77. The minimum atomic E-state index is -4.36. The van der Waals surface area contributed by atoms with Crippen molar-refractivity contribution in [3.8, 4) is 0 Å². The molecule has 0 aromatic heterocycles. The lowest BCUT2D eigenvalue weighted by Crippen LogP contribution is -2.42. The van der Waals surface area contributed by atoms with Crippen LogP contribution in [0, 0.1) is 11.3 Å². The Morgan fingerprint density at radius 1 is 1.24 bits per heavy atom. The number of alkyl halides is 3. The summed E-state index contributed by atoms with van der Waals surface area (Å²) in [4.78, 5) is 0. The number of nitrogens with one attached hydrogen (secondary N) is 1. The van der Waals surface area contributed by atoms with Gasteiger partial charge in [-0.15, -0.1) is 0 Å². The lowest BCUT2D eigenvalue weighted by molar-refractivity contribution is -0.138. The van der Waals surface area contributed by atoms with Crippen LogP contribution in [0.5, 0.6) is 0 Å². The van der Waals surface area contributed by atoms with Gasteiger partial charge in [-0.3, -0.25) is 11.3 Å². The van der Waals surface area contributed by atoms with Crippen LogP contribution in [0.15, 0.2) is 24.3 Å². The van der Waals surface area contributed by atoms with Crippen molar-refractivity contribution in [1.82, 2.24) is 5.43 Å². The van der Waals surface area contributed by atoms with Crippen LogP contribution in [-0.2, 0) is 6.18 Å². The zero-order chi connectivity index (χ0) is 15.7. The van der Waals surface area contributed by atoms with Gasteiger partial charge in [0.2, 0.25) is 0 Å². The van der Waals surface area contributed by atoms with Gasteiger partial charge < -0.3 is 0 Å². The Kier molecular flexibility index (Phi) is 4.63. The first kappa shape index (κ1) is 16.3. The van der Waals surface area contributed by atoms with Gasteiger partial charge in [-0.25, -0.2) is 0 Å². The van der Waals surface area contributed by atoms with Gasteiger partial charge in [0.1, 0.15) is 0 Å². The van der Waals surface area contributed by atoms with Crippen molar-refractivity contribution in [2.75, 3.05) is 0 Å². The molecular weight excluding hydrogens is 277 g/mol. The highest BCUT2D eigenvalue weighted by Crippen LogP contribution is 2.48. The fourth-order valence-corrected chi connectivity index (χ4v) is 3.59. The quantitative estimate of drug-likeness (QED) is 0.640. The van der Waals surface area contributed by atoms with Gasteiger partial charge >= 0.3 is 6.18 Å². The van der Waals surface area contributed by atoms with Crippen LogP contribution in [0.2, 0.25) is 0 Å². The molecule has 2 rings (SSSR count). The van der Waals surface area contributed by atoms with Crippen LogP contribution in [0.3, 0.4) is 0 Å². The van der Waals surface area contributed by atoms with E-state index in [9.17, 15) is 13.2 Å². The number of hydrazine groups is 1. The molecule has 2 nitrogen and oxygen atoms in total. The summed E-state index contributed by atoms with van der Waals surface area (Å²) < 4.78 is 39.7. The molecule has 1 aromatic rings. The molecule has 1 aliphatic rings. The number of nitrogens with two attached hydrogens (primary N) is 1. The second-order valence-corrected chi connectivity index (χ2v) is 6.57. The predicted octanol–water partition coefficient (Wildman–Crippen LogP) is 4.43. The Bertz CT molecular complexity index is 483. The van der Waals surface area contributed by atoms with E-state index in [2.05, 4.69) is 19.3 Å². The van der Waals surface area contributed by atoms with Gasteiger partial charge in [-0.1, -0.05) is 44.9 Å². The molecule has 5 heteroatoms. The summed E-state index contributed by atoms with van der Waals surface area (Å²) in [5.41, 5.74) is 2.30. The monoisotopic (exact) mass is 300 g/mol. The highest BCUT2D eigenvalue weighted by Gasteiger charge is 2.41. The first-order valence-electron chi connectivity index (χ1n) is 7.39. The highest BCUT2D eigenvalue weighted by atomic mass is 19.4. The highest BCUT2D eigenvalue weighted by molar-refractivity contribution is 5.33. The second-order valence-electron chi connectivity index (χ2n) is 6.57. The van der Waals surface area contributed by atoms with Crippen molar-refractivity contribution in [2.24, 2.45) is 17.2 Å². The van der Waals surface area contributed by atoms with Crippen molar-refractivity contribution >= 4 is 0 Å². The van der Waals surface area contributed by atoms with E-state index >= 15 is 0 Å². The summed E-state index contributed by atoms with van der Waals surface area (Å²) in [6.07, 6.45) is -0.273. The van der Waals surface area contributed by atoms with Crippen molar-refractivity contribution < 1.29 is 13.2 Å². The van der Waals surface area contributed by atoms with E-state index in [-0.39, 0.29) is 16.9 Å². The van der Waals surface area contributed by atoms with Gasteiger partial charge in [0.05, 0.1) is 5.56 Å². The molecule has 1 aromatic carbocycles. The molecule has 21 heavy (non-hydrogen) atoms. The molecule has 1 aliphatic carbocycles. The molecule has 0 radical (unpaired) electrons. The van der Waals surface area contributed by atoms with E-state index in [1.807, 2.05) is 0 Å². The van der Waals surface area contributed by atoms with E-state index in [0.717, 1.165) is 31.7 Å². The first-order valence-corrected chi connectivity index (χ1v) is 7.39. The molecular formula is C16H23F3N2. The minimum Gasteiger partial charge on any atom is -0.271 e. The maximum atomic E-state index is 13.2. The van der Waals surface area contributed by atoms with Crippen molar-refractivity contribution in [3.05, 3.63) is 35.4 Å². The molecule has 1 fully saturated rings. The van der Waals surface area contributed by atoms with E-state index in [0.29, 0.717) is 0 Å². The number of hydrogen-bond acceptors (Lipinski definition) is 2. The van der Waals surface area contributed by atoms with Crippen LogP contribution in [0.4, 0.5) is 13.2 Å². The topological polar surface area (TPSA) is 38.0 Å². The normalized spacial score (nSPS) is 23.8. The van der Waals surface area contributed by atoms with Crippen LogP contribution in [-0.4, -0.2) is 0 Å². The molecule has 0 spiro atoms. The molecule has 0 bridgehead atoms. The first-order chi connectivity index (χ1) is 9.77. The summed E-state index contributed by atoms with van der Waals surface area (Å²) in [5.74, 6) is 5.75. The number of rotatable bonds is 3. The molecule has 2 atom stereocenters. The average Bonchev–Trinajstić information content (AvgIpc) is 2.40. The smallest absolute Gasteiger partial charge is 0.271 e. The van der Waals surface area contributed by atoms with Crippen LogP contribution >= 0.6 is 0 Å². The van der Waals surface area contributed by atoms with Gasteiger partial charge in [0.15, 0.2) is 0 Å². The maximum Gasteiger partial charge on any atom is 0.416 e. The number of halogens is 3. The summed E-state index contributed by atoms with van der Waals surface area (Å²) in [5, 5.41) is 0. The summed E-state index contributed by atoms with van der Waals surface area (Å²) in [6, 6.07) is 5.27. The van der Waals surface area contributed by atoms with E-state index in [1.54, 1.807) is 6.07 Å². The van der Waals surface area contributed by atoms with Crippen molar-refractivity contribution in [3.63, 3.8) is 0 Å². The van der Waals surface area contributed by atoms with Crippen LogP contribution in [0.1, 0.15) is 56.7 Å². The Hall–Kier alpha value is -1.07. The van der Waals surface area contributed by atoms with Crippen molar-refractivity contribution in [1.29, 1.82) is 0 Å². The molecule has 118 valence electrons. The van der Waals surface area contributed by atoms with E-state index < -0.39 is 17.8 Å². The summed E-state index contributed by atoms with van der Waals surface area (Å²) >= 11 is 0. The van der Waals surface area contributed by atoms with E-state index in [1.165, 1.54) is 12.1 Å². The minimum absolute atomic E-state index is 0.0198. The predicted molar refractivity (Wildman–Crippen MR) is 77.2 cm³/mol. The van der Waals surface area contributed by atoms with Crippen molar-refractivity contribution in [2.45, 2.75) is 51.7 Å². The van der Waals surface area contributed by atoms with E-state index in [4.69, 9.17) is 5.84 Å². The number of hydrogen-bond donors (Lipinski definition) is 2. The largest absolute Gasteiger partial charge is 0.416 e. The number of benzene rings is 1. The summed E-state index contributed by atoms with van der Waals surface area (Å²) in [7, 11) is 0. The lowest BCUT2D eigenvalue weighted by atomic mass is 9.64. The Morgan fingerprint density at radius 3 is 2.48 bits per heavy atom. The Balaban J connectivity index is 2.42. The molecule has 3 N–H and O–H groups in total. The standard InChI is InChI=1S/C16H23F3N2/c1-15(2)10-6-5-9-13(15)14(21-20)11-7-3-4-8-12(11)16(17,18)19/h3-4,7-8,13-14,21H,5-6,9-10,20H2,1-2H3. The summed E-state index contributed by atoms with van der Waals surface area (Å²) in [6.45, 7) is 4.24. The van der Waals surface area contributed by atoms with Gasteiger partial charge in [0.25, 0.3) is 0 Å². The molecule has 0 amide bonds. The maximum absolute atomic E-state index is 13.2. The average molecular weight is 300 g/mol. The molecule has 2 unspecified atom stereocenters. The molecule has 0 aliphatic heterocycles. The lowest BCUT2D eigenvalue weighted by Gasteiger charge is -2.43. The van der Waals surface area contributed by atoms with Crippen LogP contribution in [0.25, 0.3) is 0 Å². The zero-order valence-corrected chi connectivity index (χ0v) is 12.5. The zero-order valence-electron chi connectivity index (χ0n) is 12.5. The third kappa shape index (κ3) is 3.40. The third-order valence-electron chi connectivity index (χ3n) is 4.77. The van der Waals surface area contributed by atoms with Gasteiger partial charge in [-0.2, -0.15) is 13.2 Å². The fourth-order valence-electron chi connectivity index (χ4n) is 3.59. The van der Waals surface area contributed by atoms with Gasteiger partial charge in [-0.05, 0) is 35.8 Å². The molecule has 0 heterocycles.